The van der Waals surface area contributed by atoms with Crippen molar-refractivity contribution in [3.05, 3.63) is 71.9 Å². The number of para-hydroxylation sites is 1. The highest BCUT2D eigenvalue weighted by molar-refractivity contribution is 5.88. The van der Waals surface area contributed by atoms with Gasteiger partial charge in [0.05, 0.1) is 13.2 Å². The Labute approximate surface area is 175 Å². The largest absolute Gasteiger partial charge is 0.445 e. The van der Waals surface area contributed by atoms with E-state index in [1.807, 2.05) is 60.8 Å². The Morgan fingerprint density at radius 3 is 2.60 bits per heavy atom. The normalized spacial score (nSPS) is 15.0. The molecule has 7 heteroatoms. The summed E-state index contributed by atoms with van der Waals surface area (Å²) in [5.41, 5.74) is 2.86. The topological polar surface area (TPSA) is 83.7 Å². The number of nitrogens with zero attached hydrogens (tertiary/aromatic N) is 1. The molecule has 2 heterocycles. The maximum atomic E-state index is 13.2. The van der Waals surface area contributed by atoms with Crippen LogP contribution in [0.5, 0.6) is 0 Å². The van der Waals surface area contributed by atoms with E-state index in [0.717, 1.165) is 22.0 Å². The molecule has 0 aliphatic carbocycles. The lowest BCUT2D eigenvalue weighted by atomic mass is 10.0. The van der Waals surface area contributed by atoms with Gasteiger partial charge in [-0.2, -0.15) is 0 Å². The number of amides is 2. The summed E-state index contributed by atoms with van der Waals surface area (Å²) in [5, 5.41) is 3.82. The molecule has 0 radical (unpaired) electrons. The van der Waals surface area contributed by atoms with Crippen LogP contribution < -0.4 is 5.32 Å². The molecule has 0 spiro atoms. The van der Waals surface area contributed by atoms with Crippen molar-refractivity contribution >= 4 is 22.9 Å². The third-order valence-electron chi connectivity index (χ3n) is 5.22. The van der Waals surface area contributed by atoms with Gasteiger partial charge in [-0.25, -0.2) is 4.79 Å². The Balaban J connectivity index is 1.47. The van der Waals surface area contributed by atoms with Crippen molar-refractivity contribution < 1.29 is 19.1 Å². The molecule has 7 nitrogen and oxygen atoms in total. The lowest BCUT2D eigenvalue weighted by Crippen LogP contribution is -2.52. The minimum atomic E-state index is -0.717. The lowest BCUT2D eigenvalue weighted by molar-refractivity contribution is -0.137. The Hall–Kier alpha value is -3.32. The third kappa shape index (κ3) is 4.80. The zero-order valence-corrected chi connectivity index (χ0v) is 16.7. The van der Waals surface area contributed by atoms with E-state index in [4.69, 9.17) is 9.47 Å². The number of benzene rings is 2. The number of morpholine rings is 1. The number of ether oxygens (including phenoxy) is 2. The van der Waals surface area contributed by atoms with Gasteiger partial charge in [-0.3, -0.25) is 4.79 Å². The highest BCUT2D eigenvalue weighted by Gasteiger charge is 2.28. The highest BCUT2D eigenvalue weighted by atomic mass is 16.5. The van der Waals surface area contributed by atoms with Gasteiger partial charge in [0.1, 0.15) is 12.6 Å². The molecule has 2 aromatic carbocycles. The van der Waals surface area contributed by atoms with Gasteiger partial charge in [-0.15, -0.1) is 0 Å². The van der Waals surface area contributed by atoms with Crippen molar-refractivity contribution in [2.24, 2.45) is 0 Å². The monoisotopic (exact) mass is 407 g/mol. The fourth-order valence-corrected chi connectivity index (χ4v) is 3.63. The summed E-state index contributed by atoms with van der Waals surface area (Å²) in [4.78, 5) is 30.6. The fourth-order valence-electron chi connectivity index (χ4n) is 3.63. The van der Waals surface area contributed by atoms with Gasteiger partial charge in [-0.05, 0) is 17.2 Å². The number of hydrogen-bond acceptors (Lipinski definition) is 4. The number of alkyl carbamates (subject to hydrolysis) is 1. The zero-order valence-electron chi connectivity index (χ0n) is 16.7. The predicted molar refractivity (Wildman–Crippen MR) is 113 cm³/mol. The van der Waals surface area contributed by atoms with Crippen LogP contribution in [-0.4, -0.2) is 54.2 Å². The standard InChI is InChI=1S/C23H25N3O4/c27-22(26-10-12-29-13-11-26)21(14-18-15-24-20-9-5-4-8-19(18)20)25-23(28)30-16-17-6-2-1-3-7-17/h1-9,15,21,24H,10-14,16H2,(H,25,28)/t21-/m1/s1. The first kappa shape index (κ1) is 20.0. The van der Waals surface area contributed by atoms with Crippen LogP contribution in [0.4, 0.5) is 4.79 Å². The van der Waals surface area contributed by atoms with Crippen molar-refractivity contribution in [1.82, 2.24) is 15.2 Å². The molecule has 0 bridgehead atoms. The fraction of sp³-hybridized carbons (Fsp3) is 0.304. The van der Waals surface area contributed by atoms with Gasteiger partial charge in [-0.1, -0.05) is 48.5 Å². The molecule has 0 saturated carbocycles. The van der Waals surface area contributed by atoms with Gasteiger partial charge < -0.3 is 24.7 Å². The number of rotatable bonds is 6. The second-order valence-corrected chi connectivity index (χ2v) is 7.26. The Kier molecular flexibility index (Phi) is 6.29. The molecule has 4 rings (SSSR count). The van der Waals surface area contributed by atoms with E-state index in [2.05, 4.69) is 10.3 Å². The number of hydrogen-bond donors (Lipinski definition) is 2. The molecule has 1 aliphatic rings. The molecule has 3 aromatic rings. The number of carbonyl (C=O) groups is 2. The molecular formula is C23H25N3O4. The van der Waals surface area contributed by atoms with Crippen LogP contribution in [0.1, 0.15) is 11.1 Å². The average Bonchev–Trinajstić information content (AvgIpc) is 3.21. The molecule has 30 heavy (non-hydrogen) atoms. The first-order valence-corrected chi connectivity index (χ1v) is 10.1. The Morgan fingerprint density at radius 2 is 1.80 bits per heavy atom. The zero-order chi connectivity index (χ0) is 20.8. The number of aromatic nitrogens is 1. The minimum Gasteiger partial charge on any atom is -0.445 e. The third-order valence-corrected chi connectivity index (χ3v) is 5.22. The molecule has 1 atom stereocenters. The van der Waals surface area contributed by atoms with Crippen LogP contribution in [0.15, 0.2) is 60.8 Å². The minimum absolute atomic E-state index is 0.125. The van der Waals surface area contributed by atoms with E-state index in [1.54, 1.807) is 4.90 Å². The van der Waals surface area contributed by atoms with E-state index in [9.17, 15) is 9.59 Å². The number of aromatic amines is 1. The van der Waals surface area contributed by atoms with Gasteiger partial charge in [0.15, 0.2) is 0 Å². The summed E-state index contributed by atoms with van der Waals surface area (Å²) >= 11 is 0. The molecular weight excluding hydrogens is 382 g/mol. The van der Waals surface area contributed by atoms with Crippen LogP contribution in [-0.2, 0) is 27.3 Å². The maximum Gasteiger partial charge on any atom is 0.408 e. The Bertz CT molecular complexity index is 996. The van der Waals surface area contributed by atoms with Gasteiger partial charge in [0.2, 0.25) is 5.91 Å². The summed E-state index contributed by atoms with van der Waals surface area (Å²) in [7, 11) is 0. The SMILES string of the molecule is O=C(N[C@H](Cc1c[nH]c2ccccc12)C(=O)N1CCOCC1)OCc1ccccc1. The van der Waals surface area contributed by atoms with Crippen molar-refractivity contribution in [3.8, 4) is 0 Å². The van der Waals surface area contributed by atoms with Gasteiger partial charge >= 0.3 is 6.09 Å². The second-order valence-electron chi connectivity index (χ2n) is 7.26. The molecule has 1 fully saturated rings. The molecule has 156 valence electrons. The van der Waals surface area contributed by atoms with E-state index < -0.39 is 12.1 Å². The summed E-state index contributed by atoms with van der Waals surface area (Å²) < 4.78 is 10.7. The molecule has 1 saturated heterocycles. The summed E-state index contributed by atoms with van der Waals surface area (Å²) in [5.74, 6) is -0.125. The molecule has 2 amide bonds. The van der Waals surface area contributed by atoms with Crippen molar-refractivity contribution in [3.63, 3.8) is 0 Å². The lowest BCUT2D eigenvalue weighted by Gasteiger charge is -2.30. The van der Waals surface area contributed by atoms with E-state index >= 15 is 0 Å². The average molecular weight is 407 g/mol. The second kappa shape index (κ2) is 9.45. The highest BCUT2D eigenvalue weighted by Crippen LogP contribution is 2.20. The Morgan fingerprint density at radius 1 is 1.07 bits per heavy atom. The number of carbonyl (C=O) groups excluding carboxylic acids is 2. The molecule has 1 aliphatic heterocycles. The number of H-pyrrole nitrogens is 1. The van der Waals surface area contributed by atoms with Crippen LogP contribution in [0, 0.1) is 0 Å². The summed E-state index contributed by atoms with van der Waals surface area (Å²) in [6, 6.07) is 16.6. The van der Waals surface area contributed by atoms with Crippen molar-refractivity contribution in [2.75, 3.05) is 26.3 Å². The first-order valence-electron chi connectivity index (χ1n) is 10.1. The van der Waals surface area contributed by atoms with E-state index in [-0.39, 0.29) is 12.5 Å². The summed E-state index contributed by atoms with van der Waals surface area (Å²) in [6.07, 6.45) is 1.66. The van der Waals surface area contributed by atoms with Gasteiger partial charge in [0.25, 0.3) is 0 Å². The van der Waals surface area contributed by atoms with Crippen molar-refractivity contribution in [2.45, 2.75) is 19.1 Å². The summed E-state index contributed by atoms with van der Waals surface area (Å²) in [6.45, 7) is 2.19. The molecule has 1 aromatic heterocycles. The van der Waals surface area contributed by atoms with Crippen molar-refractivity contribution in [1.29, 1.82) is 0 Å². The smallest absolute Gasteiger partial charge is 0.408 e. The molecule has 2 N–H and O–H groups in total. The van der Waals surface area contributed by atoms with Crippen LogP contribution >= 0.6 is 0 Å². The maximum absolute atomic E-state index is 13.2. The first-order chi connectivity index (χ1) is 14.7. The van der Waals surface area contributed by atoms with Crippen LogP contribution in [0.25, 0.3) is 10.9 Å². The molecule has 0 unspecified atom stereocenters. The van der Waals surface area contributed by atoms with E-state index in [0.29, 0.717) is 32.7 Å². The van der Waals surface area contributed by atoms with E-state index in [1.165, 1.54) is 0 Å². The number of fused-ring (bicyclic) bond motifs is 1. The van der Waals surface area contributed by atoms with Crippen LogP contribution in [0.3, 0.4) is 0 Å². The predicted octanol–water partition coefficient (Wildman–Crippen LogP) is 2.86. The number of nitrogens with one attached hydrogen (secondary N) is 2. The van der Waals surface area contributed by atoms with Crippen LogP contribution in [0.2, 0.25) is 0 Å². The van der Waals surface area contributed by atoms with Gasteiger partial charge in [0, 0.05) is 36.6 Å². The quantitative estimate of drug-likeness (QED) is 0.658.